The summed E-state index contributed by atoms with van der Waals surface area (Å²) in [6, 6.07) is 14.4. The Morgan fingerprint density at radius 1 is 1.22 bits per heavy atom. The zero-order chi connectivity index (χ0) is 13.0. The van der Waals surface area contributed by atoms with Crippen molar-refractivity contribution < 1.29 is 4.74 Å². The Balaban J connectivity index is 2.09. The van der Waals surface area contributed by atoms with Gasteiger partial charge in [0.15, 0.2) is 0 Å². The maximum absolute atomic E-state index is 8.80. The van der Waals surface area contributed by atoms with Crippen LogP contribution in [-0.2, 0) is 6.61 Å². The molecule has 0 aromatic heterocycles. The largest absolute Gasteiger partial charge is 0.487 e. The van der Waals surface area contributed by atoms with Crippen molar-refractivity contribution in [3.8, 4) is 11.8 Å². The van der Waals surface area contributed by atoms with Gasteiger partial charge in [-0.25, -0.2) is 0 Å². The van der Waals surface area contributed by atoms with E-state index in [-0.39, 0.29) is 0 Å². The van der Waals surface area contributed by atoms with Crippen LogP contribution in [0.2, 0.25) is 5.02 Å². The van der Waals surface area contributed by atoms with E-state index >= 15 is 0 Å². The number of hydrogen-bond donors (Lipinski definition) is 1. The van der Waals surface area contributed by atoms with Crippen molar-refractivity contribution in [2.75, 3.05) is 5.73 Å². The average molecular weight is 259 g/mol. The molecule has 4 heteroatoms. The van der Waals surface area contributed by atoms with Crippen molar-refractivity contribution in [3.63, 3.8) is 0 Å². The molecule has 0 aliphatic heterocycles. The summed E-state index contributed by atoms with van der Waals surface area (Å²) in [4.78, 5) is 0. The van der Waals surface area contributed by atoms with Crippen molar-refractivity contribution in [1.82, 2.24) is 0 Å². The molecule has 0 radical (unpaired) electrons. The predicted octanol–water partition coefficient (Wildman–Crippen LogP) is 3.37. The smallest absolute Gasteiger partial charge is 0.138 e. The van der Waals surface area contributed by atoms with E-state index in [2.05, 4.69) is 6.07 Å². The summed E-state index contributed by atoms with van der Waals surface area (Å²) < 4.78 is 5.58. The SMILES string of the molecule is N#Cc1cccc(COc2ccc(N)cc2Cl)c1. The first-order valence-electron chi connectivity index (χ1n) is 5.36. The quantitative estimate of drug-likeness (QED) is 0.859. The summed E-state index contributed by atoms with van der Waals surface area (Å²) in [7, 11) is 0. The van der Waals surface area contributed by atoms with Crippen LogP contribution in [0.4, 0.5) is 5.69 Å². The van der Waals surface area contributed by atoms with Gasteiger partial charge < -0.3 is 10.5 Å². The number of rotatable bonds is 3. The van der Waals surface area contributed by atoms with E-state index in [1.807, 2.05) is 12.1 Å². The molecule has 0 heterocycles. The third kappa shape index (κ3) is 2.93. The van der Waals surface area contributed by atoms with Gasteiger partial charge in [-0.15, -0.1) is 0 Å². The van der Waals surface area contributed by atoms with Crippen LogP contribution in [0, 0.1) is 11.3 Å². The van der Waals surface area contributed by atoms with Crippen LogP contribution in [0.25, 0.3) is 0 Å². The standard InChI is InChI=1S/C14H11ClN2O/c15-13-7-12(17)4-5-14(13)18-9-11-3-1-2-10(6-11)8-16/h1-7H,9,17H2. The van der Waals surface area contributed by atoms with Gasteiger partial charge in [0.2, 0.25) is 0 Å². The van der Waals surface area contributed by atoms with E-state index in [0.717, 1.165) is 5.56 Å². The molecular formula is C14H11ClN2O. The Hall–Kier alpha value is -2.18. The molecule has 0 saturated carbocycles. The van der Waals surface area contributed by atoms with E-state index < -0.39 is 0 Å². The topological polar surface area (TPSA) is 59.0 Å². The van der Waals surface area contributed by atoms with Crippen molar-refractivity contribution >= 4 is 17.3 Å². The lowest BCUT2D eigenvalue weighted by Crippen LogP contribution is -1.97. The highest BCUT2D eigenvalue weighted by Gasteiger charge is 2.02. The second kappa shape index (κ2) is 5.44. The number of hydrogen-bond acceptors (Lipinski definition) is 3. The van der Waals surface area contributed by atoms with E-state index in [9.17, 15) is 0 Å². The number of nitriles is 1. The molecule has 2 rings (SSSR count). The Morgan fingerprint density at radius 3 is 2.78 bits per heavy atom. The van der Waals surface area contributed by atoms with Crippen molar-refractivity contribution in [2.45, 2.75) is 6.61 Å². The highest BCUT2D eigenvalue weighted by Crippen LogP contribution is 2.27. The first-order valence-corrected chi connectivity index (χ1v) is 5.73. The number of benzene rings is 2. The molecule has 0 saturated heterocycles. The molecule has 0 bridgehead atoms. The van der Waals surface area contributed by atoms with E-state index in [1.54, 1.807) is 30.3 Å². The number of nitrogens with zero attached hydrogens (tertiary/aromatic N) is 1. The van der Waals surface area contributed by atoms with Crippen LogP contribution >= 0.6 is 11.6 Å². The Bertz CT molecular complexity index is 605. The minimum absolute atomic E-state index is 0.360. The van der Waals surface area contributed by atoms with Crippen molar-refractivity contribution in [2.24, 2.45) is 0 Å². The molecule has 0 amide bonds. The van der Waals surface area contributed by atoms with E-state index in [1.165, 1.54) is 0 Å². The lowest BCUT2D eigenvalue weighted by Gasteiger charge is -2.08. The van der Waals surface area contributed by atoms with Gasteiger partial charge in [-0.05, 0) is 35.9 Å². The molecule has 18 heavy (non-hydrogen) atoms. The highest BCUT2D eigenvalue weighted by molar-refractivity contribution is 6.32. The van der Waals surface area contributed by atoms with Crippen LogP contribution in [0.5, 0.6) is 5.75 Å². The Labute approximate surface area is 110 Å². The van der Waals surface area contributed by atoms with Gasteiger partial charge in [-0.3, -0.25) is 0 Å². The van der Waals surface area contributed by atoms with Gasteiger partial charge in [0.1, 0.15) is 12.4 Å². The highest BCUT2D eigenvalue weighted by atomic mass is 35.5. The first-order chi connectivity index (χ1) is 8.69. The van der Waals surface area contributed by atoms with E-state index in [0.29, 0.717) is 28.6 Å². The molecule has 0 aliphatic carbocycles. The van der Waals surface area contributed by atoms with Gasteiger partial charge >= 0.3 is 0 Å². The van der Waals surface area contributed by atoms with Crippen LogP contribution in [0.3, 0.4) is 0 Å². The molecule has 2 aromatic rings. The van der Waals surface area contributed by atoms with Gasteiger partial charge in [0, 0.05) is 5.69 Å². The third-order valence-corrected chi connectivity index (χ3v) is 2.70. The zero-order valence-electron chi connectivity index (χ0n) is 9.56. The Kier molecular flexibility index (Phi) is 3.71. The van der Waals surface area contributed by atoms with Gasteiger partial charge in [0.05, 0.1) is 16.7 Å². The number of halogens is 1. The molecule has 90 valence electrons. The van der Waals surface area contributed by atoms with Crippen LogP contribution in [0.1, 0.15) is 11.1 Å². The number of nitrogens with two attached hydrogens (primary N) is 1. The second-order valence-electron chi connectivity index (χ2n) is 3.79. The summed E-state index contributed by atoms with van der Waals surface area (Å²) in [5.74, 6) is 0.577. The summed E-state index contributed by atoms with van der Waals surface area (Å²) in [6.07, 6.45) is 0. The molecule has 0 aliphatic rings. The zero-order valence-corrected chi connectivity index (χ0v) is 10.3. The molecule has 0 fully saturated rings. The van der Waals surface area contributed by atoms with Crippen LogP contribution < -0.4 is 10.5 Å². The summed E-state index contributed by atoms with van der Waals surface area (Å²) in [5.41, 5.74) is 7.72. The van der Waals surface area contributed by atoms with E-state index in [4.69, 9.17) is 27.3 Å². The fourth-order valence-electron chi connectivity index (χ4n) is 1.53. The van der Waals surface area contributed by atoms with Crippen molar-refractivity contribution in [1.29, 1.82) is 5.26 Å². The van der Waals surface area contributed by atoms with Crippen LogP contribution in [-0.4, -0.2) is 0 Å². The molecule has 0 unspecified atom stereocenters. The predicted molar refractivity (Wildman–Crippen MR) is 71.4 cm³/mol. The Morgan fingerprint density at radius 2 is 2.06 bits per heavy atom. The lowest BCUT2D eigenvalue weighted by atomic mass is 10.1. The minimum Gasteiger partial charge on any atom is -0.487 e. The third-order valence-electron chi connectivity index (χ3n) is 2.41. The lowest BCUT2D eigenvalue weighted by molar-refractivity contribution is 0.306. The van der Waals surface area contributed by atoms with Gasteiger partial charge in [-0.1, -0.05) is 23.7 Å². The molecule has 0 spiro atoms. The maximum Gasteiger partial charge on any atom is 0.138 e. The summed E-state index contributed by atoms with van der Waals surface area (Å²) >= 11 is 6.00. The monoisotopic (exact) mass is 258 g/mol. The normalized spacial score (nSPS) is 9.78. The van der Waals surface area contributed by atoms with Gasteiger partial charge in [-0.2, -0.15) is 5.26 Å². The first kappa shape index (κ1) is 12.3. The minimum atomic E-state index is 0.360. The molecule has 3 nitrogen and oxygen atoms in total. The fraction of sp³-hybridized carbons (Fsp3) is 0.0714. The average Bonchev–Trinajstić information content (AvgIpc) is 2.38. The molecule has 2 aromatic carbocycles. The summed E-state index contributed by atoms with van der Waals surface area (Å²) in [5, 5.41) is 9.27. The fourth-order valence-corrected chi connectivity index (χ4v) is 1.77. The molecular weight excluding hydrogens is 248 g/mol. The van der Waals surface area contributed by atoms with Crippen LogP contribution in [0.15, 0.2) is 42.5 Å². The van der Waals surface area contributed by atoms with Gasteiger partial charge in [0.25, 0.3) is 0 Å². The maximum atomic E-state index is 8.80. The number of anilines is 1. The molecule has 0 atom stereocenters. The molecule has 2 N–H and O–H groups in total. The second-order valence-corrected chi connectivity index (χ2v) is 4.20. The van der Waals surface area contributed by atoms with Crippen molar-refractivity contribution in [3.05, 3.63) is 58.6 Å². The number of nitrogen functional groups attached to an aromatic ring is 1. The summed E-state index contributed by atoms with van der Waals surface area (Å²) in [6.45, 7) is 0.360. The number of ether oxygens (including phenoxy) is 1.